The van der Waals surface area contributed by atoms with Crippen molar-refractivity contribution in [3.05, 3.63) is 52.6 Å². The lowest BCUT2D eigenvalue weighted by molar-refractivity contribution is 0.0998. The minimum atomic E-state index is -0.280. The zero-order valence-electron chi connectivity index (χ0n) is 15.5. The predicted molar refractivity (Wildman–Crippen MR) is 107 cm³/mol. The Morgan fingerprint density at radius 3 is 2.69 bits per heavy atom. The largest absolute Gasteiger partial charge is 0.369 e. The first-order valence-electron chi connectivity index (χ1n) is 9.73. The summed E-state index contributed by atoms with van der Waals surface area (Å²) in [7, 11) is 0. The van der Waals surface area contributed by atoms with Gasteiger partial charge in [0.25, 0.3) is 0 Å². The fourth-order valence-corrected chi connectivity index (χ4v) is 4.40. The van der Waals surface area contributed by atoms with E-state index in [9.17, 15) is 4.79 Å². The van der Waals surface area contributed by atoms with Crippen molar-refractivity contribution in [3.8, 4) is 11.1 Å². The molecule has 0 radical (unpaired) electrons. The maximum atomic E-state index is 12.5. The molecule has 2 aromatic carbocycles. The molecule has 0 aromatic heterocycles. The number of piperazine rings is 1. The molecular weight excluding hydrogens is 322 g/mol. The number of hydrogen-bond acceptors (Lipinski definition) is 3. The fraction of sp³-hybridized carbons (Fsp3) is 0.409. The number of primary amides is 1. The summed E-state index contributed by atoms with van der Waals surface area (Å²) in [6.45, 7) is 6.09. The Balaban J connectivity index is 1.92. The smallest absolute Gasteiger partial charge is 0.249 e. The van der Waals surface area contributed by atoms with Gasteiger partial charge in [-0.1, -0.05) is 37.6 Å². The van der Waals surface area contributed by atoms with Gasteiger partial charge in [-0.3, -0.25) is 4.79 Å². The zero-order valence-corrected chi connectivity index (χ0v) is 15.5. The molecule has 2 aliphatic rings. The van der Waals surface area contributed by atoms with E-state index in [0.29, 0.717) is 0 Å². The number of fused-ring (bicyclic) bond motifs is 3. The number of carbonyl (C=O) groups is 1. The second-order valence-corrected chi connectivity index (χ2v) is 7.31. The average molecular weight is 349 g/mol. The van der Waals surface area contributed by atoms with E-state index in [1.807, 2.05) is 0 Å². The summed E-state index contributed by atoms with van der Waals surface area (Å²) in [5.74, 6) is -0.280. The molecule has 0 saturated carbocycles. The van der Waals surface area contributed by atoms with E-state index in [4.69, 9.17) is 5.73 Å². The minimum absolute atomic E-state index is 0.280. The van der Waals surface area contributed by atoms with E-state index < -0.39 is 0 Å². The Kier molecular flexibility index (Phi) is 4.68. The van der Waals surface area contributed by atoms with E-state index in [1.54, 1.807) is 0 Å². The molecule has 3 N–H and O–H groups in total. The number of benzene rings is 2. The first-order chi connectivity index (χ1) is 12.7. The standard InChI is InChI=1S/C22H27N3O/c1-2-3-7-17-20(25-11-9-24-10-12-25)14-18-16-8-5-4-6-15(16)13-19(18)21(17)22(23)26/h4-6,8,14,24H,2-3,7,9-13H2,1H3,(H2,23,26). The van der Waals surface area contributed by atoms with Crippen LogP contribution in [0.2, 0.25) is 0 Å². The quantitative estimate of drug-likeness (QED) is 0.744. The van der Waals surface area contributed by atoms with Crippen LogP contribution in [0.3, 0.4) is 0 Å². The monoisotopic (exact) mass is 349 g/mol. The molecule has 1 aliphatic carbocycles. The Bertz CT molecular complexity index is 838. The first-order valence-corrected chi connectivity index (χ1v) is 9.73. The van der Waals surface area contributed by atoms with Gasteiger partial charge in [0.15, 0.2) is 0 Å². The minimum Gasteiger partial charge on any atom is -0.369 e. The third kappa shape index (κ3) is 2.88. The number of unbranched alkanes of at least 4 members (excludes halogenated alkanes) is 1. The molecule has 1 aliphatic heterocycles. The Morgan fingerprint density at radius 2 is 1.96 bits per heavy atom. The van der Waals surface area contributed by atoms with Gasteiger partial charge < -0.3 is 16.0 Å². The number of amides is 1. The number of hydrogen-bond donors (Lipinski definition) is 2. The molecule has 1 saturated heterocycles. The van der Waals surface area contributed by atoms with Crippen LogP contribution in [-0.2, 0) is 12.8 Å². The molecule has 0 unspecified atom stereocenters. The molecule has 1 heterocycles. The maximum absolute atomic E-state index is 12.5. The van der Waals surface area contributed by atoms with E-state index >= 15 is 0 Å². The van der Waals surface area contributed by atoms with Gasteiger partial charge in [-0.15, -0.1) is 0 Å². The summed E-state index contributed by atoms with van der Waals surface area (Å²) >= 11 is 0. The van der Waals surface area contributed by atoms with Crippen molar-refractivity contribution in [2.24, 2.45) is 5.73 Å². The highest BCUT2D eigenvalue weighted by Gasteiger charge is 2.29. The van der Waals surface area contributed by atoms with Gasteiger partial charge in [0.1, 0.15) is 0 Å². The number of rotatable bonds is 5. The number of nitrogens with two attached hydrogens (primary N) is 1. The maximum Gasteiger partial charge on any atom is 0.249 e. The molecule has 1 amide bonds. The van der Waals surface area contributed by atoms with Gasteiger partial charge in [0.2, 0.25) is 5.91 Å². The van der Waals surface area contributed by atoms with E-state index in [2.05, 4.69) is 47.5 Å². The molecule has 136 valence electrons. The topological polar surface area (TPSA) is 58.4 Å². The van der Waals surface area contributed by atoms with Crippen molar-refractivity contribution in [2.75, 3.05) is 31.1 Å². The van der Waals surface area contributed by atoms with Crippen LogP contribution in [0.1, 0.15) is 46.8 Å². The third-order valence-corrected chi connectivity index (χ3v) is 5.68. The second-order valence-electron chi connectivity index (χ2n) is 7.31. The summed E-state index contributed by atoms with van der Waals surface area (Å²) < 4.78 is 0. The number of anilines is 1. The molecule has 1 fully saturated rings. The summed E-state index contributed by atoms with van der Waals surface area (Å²) in [6, 6.07) is 10.8. The molecule has 4 heteroatoms. The van der Waals surface area contributed by atoms with Gasteiger partial charge in [-0.05, 0) is 53.1 Å². The Hall–Kier alpha value is -2.33. The van der Waals surface area contributed by atoms with Gasteiger partial charge in [0.05, 0.1) is 0 Å². The van der Waals surface area contributed by atoms with E-state index in [1.165, 1.54) is 22.4 Å². The van der Waals surface area contributed by atoms with Crippen LogP contribution in [0.25, 0.3) is 11.1 Å². The number of nitrogens with one attached hydrogen (secondary N) is 1. The van der Waals surface area contributed by atoms with Crippen molar-refractivity contribution in [2.45, 2.75) is 32.6 Å². The summed E-state index contributed by atoms with van der Waals surface area (Å²) in [6.07, 6.45) is 3.91. The Labute approximate surface area is 155 Å². The third-order valence-electron chi connectivity index (χ3n) is 5.68. The van der Waals surface area contributed by atoms with Crippen LogP contribution in [0.4, 0.5) is 5.69 Å². The second kappa shape index (κ2) is 7.12. The van der Waals surface area contributed by atoms with Crippen LogP contribution in [0, 0.1) is 0 Å². The van der Waals surface area contributed by atoms with Crippen LogP contribution in [0.15, 0.2) is 30.3 Å². The number of carbonyl (C=O) groups excluding carboxylic acids is 1. The van der Waals surface area contributed by atoms with Crippen LogP contribution < -0.4 is 16.0 Å². The van der Waals surface area contributed by atoms with Crippen LogP contribution in [0.5, 0.6) is 0 Å². The zero-order chi connectivity index (χ0) is 18.1. The first kappa shape index (κ1) is 17.1. The molecule has 4 nitrogen and oxygen atoms in total. The molecule has 4 rings (SSSR count). The van der Waals surface area contributed by atoms with Gasteiger partial charge in [-0.2, -0.15) is 0 Å². The molecule has 26 heavy (non-hydrogen) atoms. The molecule has 0 spiro atoms. The molecule has 0 atom stereocenters. The van der Waals surface area contributed by atoms with Crippen molar-refractivity contribution in [1.29, 1.82) is 0 Å². The SMILES string of the molecule is CCCCc1c(N2CCNCC2)cc2c(c1C(N)=O)Cc1ccccc1-2. The number of nitrogens with zero attached hydrogens (tertiary/aromatic N) is 1. The van der Waals surface area contributed by atoms with Gasteiger partial charge in [0, 0.05) is 37.4 Å². The summed E-state index contributed by atoms with van der Waals surface area (Å²) in [4.78, 5) is 14.9. The van der Waals surface area contributed by atoms with E-state index in [0.717, 1.165) is 68.6 Å². The highest BCUT2D eigenvalue weighted by molar-refractivity contribution is 6.01. The predicted octanol–water partition coefficient (Wildman–Crippen LogP) is 3.11. The lowest BCUT2D eigenvalue weighted by Gasteiger charge is -2.33. The highest BCUT2D eigenvalue weighted by atomic mass is 16.1. The molecular formula is C22H27N3O. The van der Waals surface area contributed by atoms with Crippen LogP contribution >= 0.6 is 0 Å². The lowest BCUT2D eigenvalue weighted by atomic mass is 9.90. The lowest BCUT2D eigenvalue weighted by Crippen LogP contribution is -2.44. The van der Waals surface area contributed by atoms with Gasteiger partial charge >= 0.3 is 0 Å². The van der Waals surface area contributed by atoms with E-state index in [-0.39, 0.29) is 5.91 Å². The summed E-state index contributed by atoms with van der Waals surface area (Å²) in [5.41, 5.74) is 13.9. The average Bonchev–Trinajstić information content (AvgIpc) is 3.03. The van der Waals surface area contributed by atoms with Crippen molar-refractivity contribution in [3.63, 3.8) is 0 Å². The normalized spacial score (nSPS) is 15.7. The fourth-order valence-electron chi connectivity index (χ4n) is 4.40. The van der Waals surface area contributed by atoms with Crippen molar-refractivity contribution in [1.82, 2.24) is 5.32 Å². The van der Waals surface area contributed by atoms with Gasteiger partial charge in [-0.25, -0.2) is 0 Å². The Morgan fingerprint density at radius 1 is 1.19 bits per heavy atom. The van der Waals surface area contributed by atoms with Crippen molar-refractivity contribution < 1.29 is 4.79 Å². The van der Waals surface area contributed by atoms with Crippen LogP contribution in [-0.4, -0.2) is 32.1 Å². The highest BCUT2D eigenvalue weighted by Crippen LogP contribution is 2.43. The summed E-state index contributed by atoms with van der Waals surface area (Å²) in [5, 5.41) is 3.42. The molecule has 0 bridgehead atoms. The van der Waals surface area contributed by atoms with Crippen molar-refractivity contribution >= 4 is 11.6 Å². The molecule has 2 aromatic rings.